The first kappa shape index (κ1) is 16.0. The molecule has 0 radical (unpaired) electrons. The van der Waals surface area contributed by atoms with Gasteiger partial charge in [0.2, 0.25) is 5.91 Å². The van der Waals surface area contributed by atoms with Crippen molar-refractivity contribution in [1.29, 1.82) is 0 Å². The number of rotatable bonds is 3. The average Bonchev–Trinajstić information content (AvgIpc) is 2.88. The second-order valence-electron chi connectivity index (χ2n) is 5.43. The van der Waals surface area contributed by atoms with Gasteiger partial charge >= 0.3 is 6.18 Å². The van der Waals surface area contributed by atoms with Gasteiger partial charge in [-0.1, -0.05) is 6.07 Å². The number of anilines is 1. The molecule has 3 aromatic rings. The monoisotopic (exact) mass is 333 g/mol. The molecule has 0 unspecified atom stereocenters. The molecule has 3 rings (SSSR count). The van der Waals surface area contributed by atoms with E-state index in [1.807, 2.05) is 29.7 Å². The Balaban J connectivity index is 1.73. The van der Waals surface area contributed by atoms with Gasteiger partial charge < -0.3 is 9.72 Å². The van der Waals surface area contributed by atoms with Crippen LogP contribution in [-0.4, -0.2) is 15.3 Å². The van der Waals surface area contributed by atoms with Crippen LogP contribution in [0.2, 0.25) is 0 Å². The van der Waals surface area contributed by atoms with Crippen LogP contribution in [0.3, 0.4) is 0 Å². The molecular formula is C17H14F3N3O. The van der Waals surface area contributed by atoms with Crippen LogP contribution >= 0.6 is 0 Å². The summed E-state index contributed by atoms with van der Waals surface area (Å²) < 4.78 is 39.4. The number of hydrogen-bond acceptors (Lipinski definition) is 2. The first-order chi connectivity index (χ1) is 11.3. The Morgan fingerprint density at radius 1 is 1.17 bits per heavy atom. The first-order valence-corrected chi connectivity index (χ1v) is 7.23. The number of nitrogens with one attached hydrogen (secondary N) is 1. The lowest BCUT2D eigenvalue weighted by Crippen LogP contribution is -2.16. The standard InChI is InChI=1S/C17H14F3N3O/c1-11-10-23-14(3-2-4-15(23)21-11)9-16(24)22-13-7-5-12(6-8-13)17(18,19)20/h2-8,10H,9H2,1H3,(H,22,24). The van der Waals surface area contributed by atoms with Crippen LogP contribution in [0.25, 0.3) is 5.65 Å². The minimum atomic E-state index is -4.39. The van der Waals surface area contributed by atoms with Gasteiger partial charge in [0, 0.05) is 17.6 Å². The summed E-state index contributed by atoms with van der Waals surface area (Å²) in [6.45, 7) is 1.86. The molecule has 24 heavy (non-hydrogen) atoms. The van der Waals surface area contributed by atoms with E-state index in [0.717, 1.165) is 29.2 Å². The van der Waals surface area contributed by atoms with Gasteiger partial charge in [-0.15, -0.1) is 0 Å². The van der Waals surface area contributed by atoms with Crippen molar-refractivity contribution in [2.45, 2.75) is 19.5 Å². The highest BCUT2D eigenvalue weighted by atomic mass is 19.4. The van der Waals surface area contributed by atoms with Crippen LogP contribution in [0.1, 0.15) is 17.0 Å². The number of aromatic nitrogens is 2. The van der Waals surface area contributed by atoms with Crippen molar-refractivity contribution in [3.05, 3.63) is 65.6 Å². The summed E-state index contributed by atoms with van der Waals surface area (Å²) in [5.41, 5.74) is 1.90. The van der Waals surface area contributed by atoms with Gasteiger partial charge in [-0.25, -0.2) is 4.98 Å². The van der Waals surface area contributed by atoms with Crippen molar-refractivity contribution in [1.82, 2.24) is 9.38 Å². The van der Waals surface area contributed by atoms with Gasteiger partial charge in [0.25, 0.3) is 0 Å². The van der Waals surface area contributed by atoms with Crippen molar-refractivity contribution in [2.24, 2.45) is 0 Å². The van der Waals surface area contributed by atoms with Crippen molar-refractivity contribution in [2.75, 3.05) is 5.32 Å². The Kier molecular flexibility index (Phi) is 4.01. The fourth-order valence-corrected chi connectivity index (χ4v) is 2.45. The fourth-order valence-electron chi connectivity index (χ4n) is 2.45. The molecule has 1 aromatic carbocycles. The quantitative estimate of drug-likeness (QED) is 0.791. The molecule has 4 nitrogen and oxygen atoms in total. The lowest BCUT2D eigenvalue weighted by Gasteiger charge is -2.09. The summed E-state index contributed by atoms with van der Waals surface area (Å²) in [5, 5.41) is 2.60. The van der Waals surface area contributed by atoms with Crippen LogP contribution < -0.4 is 5.32 Å². The number of pyridine rings is 1. The van der Waals surface area contributed by atoms with Crippen LogP contribution in [-0.2, 0) is 17.4 Å². The number of carbonyl (C=O) groups excluding carboxylic acids is 1. The Morgan fingerprint density at radius 2 is 1.88 bits per heavy atom. The smallest absolute Gasteiger partial charge is 0.326 e. The molecule has 0 atom stereocenters. The molecule has 0 bridgehead atoms. The predicted octanol–water partition coefficient (Wildman–Crippen LogP) is 3.84. The number of benzene rings is 1. The highest BCUT2D eigenvalue weighted by Crippen LogP contribution is 2.29. The predicted molar refractivity (Wildman–Crippen MR) is 83.7 cm³/mol. The molecule has 0 aliphatic rings. The van der Waals surface area contributed by atoms with E-state index in [0.29, 0.717) is 5.69 Å². The summed E-state index contributed by atoms with van der Waals surface area (Å²) in [6, 6.07) is 9.81. The topological polar surface area (TPSA) is 46.4 Å². The van der Waals surface area contributed by atoms with E-state index in [9.17, 15) is 18.0 Å². The number of aryl methyl sites for hydroxylation is 1. The van der Waals surface area contributed by atoms with Crippen LogP contribution in [0, 0.1) is 6.92 Å². The third kappa shape index (κ3) is 3.40. The first-order valence-electron chi connectivity index (χ1n) is 7.23. The molecule has 2 aromatic heterocycles. The number of nitrogens with zero attached hydrogens (tertiary/aromatic N) is 2. The maximum Gasteiger partial charge on any atom is 0.416 e. The highest BCUT2D eigenvalue weighted by molar-refractivity contribution is 5.92. The Hall–Kier alpha value is -2.83. The summed E-state index contributed by atoms with van der Waals surface area (Å²) in [6.07, 6.45) is -2.47. The maximum atomic E-state index is 12.5. The third-order valence-electron chi connectivity index (χ3n) is 3.53. The van der Waals surface area contributed by atoms with Crippen molar-refractivity contribution in [3.8, 4) is 0 Å². The number of hydrogen-bond donors (Lipinski definition) is 1. The van der Waals surface area contributed by atoms with E-state index in [2.05, 4.69) is 10.3 Å². The molecule has 7 heteroatoms. The molecule has 2 heterocycles. The maximum absolute atomic E-state index is 12.5. The lowest BCUT2D eigenvalue weighted by atomic mass is 10.2. The summed E-state index contributed by atoms with van der Waals surface area (Å²) >= 11 is 0. The average molecular weight is 333 g/mol. The summed E-state index contributed by atoms with van der Waals surface area (Å²) in [7, 11) is 0. The van der Waals surface area contributed by atoms with E-state index in [1.54, 1.807) is 6.07 Å². The summed E-state index contributed by atoms with van der Waals surface area (Å²) in [5.74, 6) is -0.311. The van der Waals surface area contributed by atoms with Crippen LogP contribution in [0.5, 0.6) is 0 Å². The van der Waals surface area contributed by atoms with Crippen LogP contribution in [0.15, 0.2) is 48.7 Å². The number of imidazole rings is 1. The Labute approximate surface area is 135 Å². The van der Waals surface area contributed by atoms with Crippen LogP contribution in [0.4, 0.5) is 18.9 Å². The number of amides is 1. The normalized spacial score (nSPS) is 11.7. The van der Waals surface area contributed by atoms with E-state index in [1.165, 1.54) is 12.1 Å². The molecule has 0 saturated carbocycles. The highest BCUT2D eigenvalue weighted by Gasteiger charge is 2.29. The van der Waals surface area contributed by atoms with Crippen molar-refractivity contribution >= 4 is 17.2 Å². The van der Waals surface area contributed by atoms with Gasteiger partial charge in [0.15, 0.2) is 0 Å². The molecule has 1 N–H and O–H groups in total. The lowest BCUT2D eigenvalue weighted by molar-refractivity contribution is -0.137. The molecule has 124 valence electrons. The number of carbonyl (C=O) groups is 1. The Bertz CT molecular complexity index is 882. The number of fused-ring (bicyclic) bond motifs is 1. The third-order valence-corrected chi connectivity index (χ3v) is 3.53. The largest absolute Gasteiger partial charge is 0.416 e. The molecular weight excluding hydrogens is 319 g/mol. The molecule has 0 spiro atoms. The van der Waals surface area contributed by atoms with E-state index in [-0.39, 0.29) is 12.3 Å². The second-order valence-corrected chi connectivity index (χ2v) is 5.43. The second kappa shape index (κ2) is 5.99. The molecule has 0 aliphatic carbocycles. The molecule has 1 amide bonds. The fraction of sp³-hybridized carbons (Fsp3) is 0.176. The van der Waals surface area contributed by atoms with Gasteiger partial charge in [-0.3, -0.25) is 4.79 Å². The van der Waals surface area contributed by atoms with Crippen molar-refractivity contribution in [3.63, 3.8) is 0 Å². The Morgan fingerprint density at radius 3 is 2.54 bits per heavy atom. The number of halogens is 3. The minimum absolute atomic E-state index is 0.0914. The minimum Gasteiger partial charge on any atom is -0.326 e. The zero-order valence-corrected chi connectivity index (χ0v) is 12.8. The van der Waals surface area contributed by atoms with Crippen molar-refractivity contribution < 1.29 is 18.0 Å². The van der Waals surface area contributed by atoms with E-state index < -0.39 is 11.7 Å². The van der Waals surface area contributed by atoms with Gasteiger partial charge in [-0.2, -0.15) is 13.2 Å². The SMILES string of the molecule is Cc1cn2c(CC(=O)Nc3ccc(C(F)(F)F)cc3)cccc2n1. The molecule has 0 saturated heterocycles. The molecule has 0 fully saturated rings. The summed E-state index contributed by atoms with van der Waals surface area (Å²) in [4.78, 5) is 16.5. The van der Waals surface area contributed by atoms with Gasteiger partial charge in [0.1, 0.15) is 5.65 Å². The zero-order chi connectivity index (χ0) is 17.3. The molecule has 0 aliphatic heterocycles. The van der Waals surface area contributed by atoms with E-state index >= 15 is 0 Å². The van der Waals surface area contributed by atoms with Gasteiger partial charge in [0.05, 0.1) is 17.7 Å². The van der Waals surface area contributed by atoms with Gasteiger partial charge in [-0.05, 0) is 43.3 Å². The zero-order valence-electron chi connectivity index (χ0n) is 12.8. The number of alkyl halides is 3. The van der Waals surface area contributed by atoms with E-state index in [4.69, 9.17) is 0 Å².